The summed E-state index contributed by atoms with van der Waals surface area (Å²) in [5.74, 6) is -0.595. The Labute approximate surface area is 252 Å². The molecule has 2 aliphatic rings. The van der Waals surface area contributed by atoms with Gasteiger partial charge in [-0.25, -0.2) is 9.97 Å². The van der Waals surface area contributed by atoms with Crippen LogP contribution < -0.4 is 10.1 Å². The zero-order valence-electron chi connectivity index (χ0n) is 24.2. The summed E-state index contributed by atoms with van der Waals surface area (Å²) in [5, 5.41) is 7.52. The highest BCUT2D eigenvalue weighted by molar-refractivity contribution is 6.03. The second kappa shape index (κ2) is 11.4. The van der Waals surface area contributed by atoms with Crippen LogP contribution in [0.4, 0.5) is 0 Å². The molecular formula is C32H31N7O5. The van der Waals surface area contributed by atoms with Crippen LogP contribution in [0.1, 0.15) is 44.5 Å². The lowest BCUT2D eigenvalue weighted by atomic mass is 9.88. The number of carbonyl (C=O) groups is 3. The van der Waals surface area contributed by atoms with E-state index in [1.165, 1.54) is 0 Å². The summed E-state index contributed by atoms with van der Waals surface area (Å²) in [6.45, 7) is 3.92. The Balaban J connectivity index is 1.12. The molecule has 5 aromatic rings. The fourth-order valence-electron chi connectivity index (χ4n) is 6.16. The number of hydrogen-bond donors (Lipinski definition) is 1. The van der Waals surface area contributed by atoms with Gasteiger partial charge in [-0.2, -0.15) is 0 Å². The van der Waals surface area contributed by atoms with Crippen molar-refractivity contribution in [2.75, 3.05) is 39.3 Å². The lowest BCUT2D eigenvalue weighted by molar-refractivity contribution is -0.124. The summed E-state index contributed by atoms with van der Waals surface area (Å²) in [6, 6.07) is 14.7. The zero-order chi connectivity index (χ0) is 30.2. The lowest BCUT2D eigenvalue weighted by Gasteiger charge is -2.25. The van der Waals surface area contributed by atoms with E-state index in [4.69, 9.17) is 9.26 Å². The first-order valence-corrected chi connectivity index (χ1v) is 14.7. The van der Waals surface area contributed by atoms with Crippen LogP contribution in [0.25, 0.3) is 16.7 Å². The number of nitrogens with one attached hydrogen (secondary N) is 1. The molecule has 6 heterocycles. The third-order valence-electron chi connectivity index (χ3n) is 8.33. The van der Waals surface area contributed by atoms with E-state index >= 15 is 0 Å². The van der Waals surface area contributed by atoms with Gasteiger partial charge in [0.2, 0.25) is 17.3 Å². The number of nitrogens with zero attached hydrogens (tertiary/aromatic N) is 6. The van der Waals surface area contributed by atoms with Crippen LogP contribution in [0.15, 0.2) is 71.6 Å². The van der Waals surface area contributed by atoms with Crippen molar-refractivity contribution < 1.29 is 23.6 Å². The third-order valence-corrected chi connectivity index (χ3v) is 8.33. The van der Waals surface area contributed by atoms with E-state index < -0.39 is 5.92 Å². The van der Waals surface area contributed by atoms with Gasteiger partial charge in [-0.15, -0.1) is 0 Å². The molecule has 2 aliphatic heterocycles. The van der Waals surface area contributed by atoms with Crippen LogP contribution in [0, 0.1) is 12.8 Å². The second-order valence-electron chi connectivity index (χ2n) is 11.2. The third kappa shape index (κ3) is 5.12. The summed E-state index contributed by atoms with van der Waals surface area (Å²) in [7, 11) is 0. The normalized spacial score (nSPS) is 19.3. The minimum absolute atomic E-state index is 0.113. The van der Waals surface area contributed by atoms with Crippen LogP contribution in [0.2, 0.25) is 0 Å². The van der Waals surface area contributed by atoms with Crippen LogP contribution in [0.3, 0.4) is 0 Å². The van der Waals surface area contributed by atoms with Gasteiger partial charge in [0.15, 0.2) is 0 Å². The van der Waals surface area contributed by atoms with Crippen LogP contribution >= 0.6 is 0 Å². The highest BCUT2D eigenvalue weighted by atomic mass is 16.5. The first kappa shape index (κ1) is 27.6. The van der Waals surface area contributed by atoms with Gasteiger partial charge in [-0.05, 0) is 55.3 Å². The molecule has 2 atom stereocenters. The lowest BCUT2D eigenvalue weighted by Crippen LogP contribution is -2.39. The molecule has 3 amide bonds. The Morgan fingerprint density at radius 3 is 2.80 bits per heavy atom. The molecule has 4 aromatic heterocycles. The maximum absolute atomic E-state index is 13.7. The maximum atomic E-state index is 13.7. The molecule has 1 fully saturated rings. The van der Waals surface area contributed by atoms with Crippen molar-refractivity contribution in [2.45, 2.75) is 19.3 Å². The van der Waals surface area contributed by atoms with Crippen molar-refractivity contribution in [3.8, 4) is 5.75 Å². The first-order valence-electron chi connectivity index (χ1n) is 14.7. The number of likely N-dealkylation sites (tertiary alicyclic amines) is 1. The summed E-state index contributed by atoms with van der Waals surface area (Å²) in [4.78, 5) is 53.0. The number of ether oxygens (including phenoxy) is 1. The van der Waals surface area contributed by atoms with E-state index in [0.29, 0.717) is 67.2 Å². The number of pyridine rings is 2. The van der Waals surface area contributed by atoms with Crippen LogP contribution in [-0.2, 0) is 4.79 Å². The van der Waals surface area contributed by atoms with Gasteiger partial charge in [-0.1, -0.05) is 17.3 Å². The number of aromatic nitrogens is 4. The van der Waals surface area contributed by atoms with Gasteiger partial charge in [0, 0.05) is 50.7 Å². The smallest absolute Gasteiger partial charge is 0.293 e. The number of amides is 3. The molecule has 224 valence electrons. The monoisotopic (exact) mass is 593 g/mol. The van der Waals surface area contributed by atoms with Crippen molar-refractivity contribution in [3.05, 3.63) is 89.7 Å². The number of aryl methyl sites for hydroxylation is 1. The SMILES string of the molecule is Cc1cn2cccc(C(=O)N3CCCNC(=O)[C@H]4CN(C(=O)c5onc6ncccc56)C[C@@H]4c4cccc(c4)OCC3)c2n1. The number of carbonyl (C=O) groups excluding carboxylic acids is 3. The summed E-state index contributed by atoms with van der Waals surface area (Å²) >= 11 is 0. The van der Waals surface area contributed by atoms with Crippen molar-refractivity contribution in [3.63, 3.8) is 0 Å². The Morgan fingerprint density at radius 1 is 1.00 bits per heavy atom. The van der Waals surface area contributed by atoms with Gasteiger partial charge < -0.3 is 28.8 Å². The van der Waals surface area contributed by atoms with Gasteiger partial charge >= 0.3 is 0 Å². The number of imidazole rings is 1. The molecule has 0 unspecified atom stereocenters. The predicted molar refractivity (Wildman–Crippen MR) is 159 cm³/mol. The largest absolute Gasteiger partial charge is 0.492 e. The van der Waals surface area contributed by atoms with E-state index in [1.54, 1.807) is 34.2 Å². The van der Waals surface area contributed by atoms with Crippen molar-refractivity contribution in [1.29, 1.82) is 0 Å². The number of benzene rings is 1. The first-order chi connectivity index (χ1) is 21.5. The van der Waals surface area contributed by atoms with E-state index in [9.17, 15) is 14.4 Å². The maximum Gasteiger partial charge on any atom is 0.293 e. The highest BCUT2D eigenvalue weighted by Crippen LogP contribution is 2.36. The fraction of sp³-hybridized carbons (Fsp3) is 0.312. The average molecular weight is 594 g/mol. The van der Waals surface area contributed by atoms with E-state index in [1.807, 2.05) is 54.0 Å². The second-order valence-corrected chi connectivity index (χ2v) is 11.2. The molecular weight excluding hydrogens is 562 g/mol. The quantitative estimate of drug-likeness (QED) is 0.330. The Morgan fingerprint density at radius 2 is 1.89 bits per heavy atom. The van der Waals surface area contributed by atoms with Crippen LogP contribution in [-0.4, -0.2) is 86.4 Å². The number of rotatable bonds is 2. The predicted octanol–water partition coefficient (Wildman–Crippen LogP) is 3.08. The van der Waals surface area contributed by atoms with Crippen molar-refractivity contribution in [1.82, 2.24) is 34.6 Å². The van der Waals surface area contributed by atoms with Gasteiger partial charge in [0.25, 0.3) is 11.8 Å². The minimum Gasteiger partial charge on any atom is -0.492 e. The fourth-order valence-corrected chi connectivity index (χ4v) is 6.16. The van der Waals surface area contributed by atoms with Gasteiger partial charge in [0.05, 0.1) is 29.1 Å². The molecule has 0 saturated carbocycles. The van der Waals surface area contributed by atoms with E-state index in [-0.39, 0.29) is 35.9 Å². The number of fused-ring (bicyclic) bond motifs is 6. The topological polar surface area (TPSA) is 135 Å². The van der Waals surface area contributed by atoms with Gasteiger partial charge in [0.1, 0.15) is 18.0 Å². The van der Waals surface area contributed by atoms with Crippen molar-refractivity contribution in [2.24, 2.45) is 5.92 Å². The van der Waals surface area contributed by atoms with Crippen molar-refractivity contribution >= 4 is 34.4 Å². The van der Waals surface area contributed by atoms with Gasteiger partial charge in [-0.3, -0.25) is 14.4 Å². The Kier molecular flexibility index (Phi) is 7.17. The molecule has 1 aromatic carbocycles. The number of hydrogen-bond acceptors (Lipinski definition) is 8. The Hall–Kier alpha value is -5.26. The molecule has 0 spiro atoms. The molecule has 12 heteroatoms. The van der Waals surface area contributed by atoms with E-state index in [2.05, 4.69) is 20.4 Å². The summed E-state index contributed by atoms with van der Waals surface area (Å²) in [5.41, 5.74) is 3.21. The minimum atomic E-state index is -0.483. The Bertz CT molecular complexity index is 1880. The molecule has 1 saturated heterocycles. The highest BCUT2D eigenvalue weighted by Gasteiger charge is 2.42. The summed E-state index contributed by atoms with van der Waals surface area (Å²) in [6.07, 6.45) is 5.90. The molecule has 44 heavy (non-hydrogen) atoms. The summed E-state index contributed by atoms with van der Waals surface area (Å²) < 4.78 is 13.4. The molecule has 12 nitrogen and oxygen atoms in total. The zero-order valence-corrected chi connectivity index (χ0v) is 24.2. The molecule has 7 rings (SSSR count). The molecule has 0 aliphatic carbocycles. The van der Waals surface area contributed by atoms with Crippen LogP contribution in [0.5, 0.6) is 5.75 Å². The molecule has 1 N–H and O–H groups in total. The standard InChI is InChI=1S/C32H31N7O5/c1-20-17-38-12-4-9-24(29(38)35-20)31(41)37-13-5-11-34-30(40)26-19-39(32(42)27-23-8-3-10-33-28(23)36-44-27)18-25(26)21-6-2-7-22(16-21)43-15-14-37/h2-4,6-10,12,16-17,25-26H,5,11,13-15,18-19H2,1H3,(H,34,40)/t25-,26+/m1/s1. The van der Waals surface area contributed by atoms with E-state index in [0.717, 1.165) is 11.3 Å². The molecule has 2 bridgehead atoms. The molecule has 0 radical (unpaired) electrons. The average Bonchev–Trinajstić information content (AvgIpc) is 3.77.